The Bertz CT molecular complexity index is 801. The third-order valence-corrected chi connectivity index (χ3v) is 5.95. The molecule has 27 heavy (non-hydrogen) atoms. The summed E-state index contributed by atoms with van der Waals surface area (Å²) >= 11 is 0. The largest absolute Gasteiger partial charge is 0.340 e. The molecule has 0 aliphatic carbocycles. The van der Waals surface area contributed by atoms with Gasteiger partial charge in [-0.05, 0) is 45.4 Å². The Balaban J connectivity index is 1.45. The molecular weight excluding hydrogens is 338 g/mol. The maximum absolute atomic E-state index is 13.0. The number of carbonyl (C=O) groups is 1. The molecule has 2 aliphatic rings. The number of benzene rings is 1. The van der Waals surface area contributed by atoms with Gasteiger partial charge in [0, 0.05) is 38.8 Å². The van der Waals surface area contributed by atoms with Crippen LogP contribution in [0, 0.1) is 5.92 Å². The molecule has 2 aromatic rings. The lowest BCUT2D eigenvalue weighted by atomic mass is 9.96. The number of hydrogen-bond acceptors (Lipinski definition) is 4. The molecule has 1 aromatic carbocycles. The van der Waals surface area contributed by atoms with Crippen LogP contribution >= 0.6 is 0 Å². The van der Waals surface area contributed by atoms with Gasteiger partial charge in [0.1, 0.15) is 5.82 Å². The molecule has 0 radical (unpaired) electrons. The minimum absolute atomic E-state index is 0.128. The molecule has 2 fully saturated rings. The van der Waals surface area contributed by atoms with E-state index in [-0.39, 0.29) is 5.92 Å². The second-order valence-corrected chi connectivity index (χ2v) is 7.97. The van der Waals surface area contributed by atoms with Crippen molar-refractivity contribution in [2.75, 3.05) is 32.7 Å². The fourth-order valence-electron chi connectivity index (χ4n) is 4.59. The summed E-state index contributed by atoms with van der Waals surface area (Å²) in [6.07, 6.45) is 2.10. The molecular formula is C21H31N5O. The summed E-state index contributed by atoms with van der Waals surface area (Å²) in [7, 11) is 0. The first-order chi connectivity index (χ1) is 13.2. The molecule has 6 heteroatoms. The van der Waals surface area contributed by atoms with E-state index >= 15 is 0 Å². The van der Waals surface area contributed by atoms with Crippen LogP contribution in [0.15, 0.2) is 24.3 Å². The Morgan fingerprint density at radius 1 is 1.26 bits per heavy atom. The number of fused-ring (bicyclic) bond motifs is 1. The van der Waals surface area contributed by atoms with Crippen LogP contribution in [0.1, 0.15) is 32.5 Å². The first-order valence-corrected chi connectivity index (χ1v) is 10.3. The van der Waals surface area contributed by atoms with Crippen LogP contribution in [-0.4, -0.2) is 64.0 Å². The molecule has 2 saturated heterocycles. The van der Waals surface area contributed by atoms with Gasteiger partial charge in [0.05, 0.1) is 23.5 Å². The highest BCUT2D eigenvalue weighted by molar-refractivity contribution is 5.79. The summed E-state index contributed by atoms with van der Waals surface area (Å²) in [5.74, 6) is 1.59. The summed E-state index contributed by atoms with van der Waals surface area (Å²) in [6.45, 7) is 10.6. The number of para-hydroxylation sites is 2. The van der Waals surface area contributed by atoms with Crippen LogP contribution in [0.25, 0.3) is 11.0 Å². The van der Waals surface area contributed by atoms with Crippen molar-refractivity contribution in [2.24, 2.45) is 5.92 Å². The van der Waals surface area contributed by atoms with Crippen molar-refractivity contribution in [1.29, 1.82) is 0 Å². The Labute approximate surface area is 161 Å². The number of aryl methyl sites for hydroxylation is 1. The molecule has 0 spiro atoms. The van der Waals surface area contributed by atoms with Crippen molar-refractivity contribution < 1.29 is 4.79 Å². The van der Waals surface area contributed by atoms with Gasteiger partial charge in [-0.1, -0.05) is 12.1 Å². The van der Waals surface area contributed by atoms with Crippen molar-refractivity contribution in [2.45, 2.75) is 45.8 Å². The van der Waals surface area contributed by atoms with Gasteiger partial charge in [0.15, 0.2) is 0 Å². The SMILES string of the molecule is CCn1c(CN2CCC[C@@H](C(=O)N3CCN[C@@H](C)C3)C2)nc2ccccc21. The molecule has 1 amide bonds. The fraction of sp³-hybridized carbons (Fsp3) is 0.619. The quantitative estimate of drug-likeness (QED) is 0.897. The van der Waals surface area contributed by atoms with Gasteiger partial charge < -0.3 is 14.8 Å². The highest BCUT2D eigenvalue weighted by atomic mass is 16.2. The Kier molecular flexibility index (Phi) is 5.45. The number of carbonyl (C=O) groups excluding carboxylic acids is 1. The average Bonchev–Trinajstić information content (AvgIpc) is 3.04. The lowest BCUT2D eigenvalue weighted by molar-refractivity contribution is -0.138. The number of piperidine rings is 1. The molecule has 1 N–H and O–H groups in total. The summed E-state index contributed by atoms with van der Waals surface area (Å²) in [5.41, 5.74) is 2.27. The number of likely N-dealkylation sites (tertiary alicyclic amines) is 1. The van der Waals surface area contributed by atoms with Crippen molar-refractivity contribution in [1.82, 2.24) is 24.7 Å². The smallest absolute Gasteiger partial charge is 0.227 e. The van der Waals surface area contributed by atoms with Crippen molar-refractivity contribution in [3.05, 3.63) is 30.1 Å². The fourth-order valence-corrected chi connectivity index (χ4v) is 4.59. The number of nitrogens with one attached hydrogen (secondary N) is 1. The van der Waals surface area contributed by atoms with Crippen LogP contribution in [0.4, 0.5) is 0 Å². The molecule has 0 saturated carbocycles. The number of nitrogens with zero attached hydrogens (tertiary/aromatic N) is 4. The zero-order valence-electron chi connectivity index (χ0n) is 16.5. The van der Waals surface area contributed by atoms with E-state index in [2.05, 4.69) is 51.7 Å². The number of hydrogen-bond donors (Lipinski definition) is 1. The first kappa shape index (κ1) is 18.4. The zero-order valence-corrected chi connectivity index (χ0v) is 16.5. The van der Waals surface area contributed by atoms with Crippen LogP contribution in [0.3, 0.4) is 0 Å². The van der Waals surface area contributed by atoms with Gasteiger partial charge in [-0.3, -0.25) is 9.69 Å². The third kappa shape index (κ3) is 3.87. The average molecular weight is 370 g/mol. The topological polar surface area (TPSA) is 53.4 Å². The molecule has 0 bridgehead atoms. The Hall–Kier alpha value is -1.92. The van der Waals surface area contributed by atoms with E-state index in [1.54, 1.807) is 0 Å². The Morgan fingerprint density at radius 3 is 2.93 bits per heavy atom. The zero-order chi connectivity index (χ0) is 18.8. The van der Waals surface area contributed by atoms with Crippen molar-refractivity contribution in [3.8, 4) is 0 Å². The van der Waals surface area contributed by atoms with E-state index in [1.165, 1.54) is 5.52 Å². The van der Waals surface area contributed by atoms with Crippen LogP contribution in [0.5, 0.6) is 0 Å². The standard InChI is InChI=1S/C21H31N5O/c1-3-26-19-9-5-4-8-18(19)23-20(26)15-24-11-6-7-17(14-24)21(27)25-12-10-22-16(2)13-25/h4-5,8-9,16-17,22H,3,6-7,10-15H2,1-2H3/t16-,17+/m0/s1. The molecule has 6 nitrogen and oxygen atoms in total. The third-order valence-electron chi connectivity index (χ3n) is 5.95. The van der Waals surface area contributed by atoms with Gasteiger partial charge >= 0.3 is 0 Å². The molecule has 3 heterocycles. The minimum Gasteiger partial charge on any atom is -0.340 e. The van der Waals surface area contributed by atoms with Gasteiger partial charge in [-0.15, -0.1) is 0 Å². The summed E-state index contributed by atoms with van der Waals surface area (Å²) < 4.78 is 2.30. The lowest BCUT2D eigenvalue weighted by Crippen LogP contribution is -2.54. The molecule has 1 aromatic heterocycles. The molecule has 0 unspecified atom stereocenters. The number of imidazole rings is 1. The number of piperazine rings is 1. The normalized spacial score (nSPS) is 24.4. The van der Waals surface area contributed by atoms with E-state index in [4.69, 9.17) is 4.98 Å². The van der Waals surface area contributed by atoms with Gasteiger partial charge in [-0.25, -0.2) is 4.98 Å². The lowest BCUT2D eigenvalue weighted by Gasteiger charge is -2.38. The summed E-state index contributed by atoms with van der Waals surface area (Å²) in [5, 5.41) is 3.42. The molecule has 2 atom stereocenters. The van der Waals surface area contributed by atoms with Gasteiger partial charge in [0.25, 0.3) is 0 Å². The minimum atomic E-state index is 0.128. The van der Waals surface area contributed by atoms with Crippen LogP contribution < -0.4 is 5.32 Å². The second kappa shape index (κ2) is 7.98. The summed E-state index contributed by atoms with van der Waals surface area (Å²) in [6, 6.07) is 8.74. The van der Waals surface area contributed by atoms with Gasteiger partial charge in [0.2, 0.25) is 5.91 Å². The number of aromatic nitrogens is 2. The number of amides is 1. The van der Waals surface area contributed by atoms with Crippen molar-refractivity contribution >= 4 is 16.9 Å². The number of rotatable bonds is 4. The van der Waals surface area contributed by atoms with E-state index in [0.29, 0.717) is 11.9 Å². The highest BCUT2D eigenvalue weighted by Gasteiger charge is 2.31. The highest BCUT2D eigenvalue weighted by Crippen LogP contribution is 2.23. The van der Waals surface area contributed by atoms with E-state index in [0.717, 1.165) is 70.0 Å². The predicted molar refractivity (Wildman–Crippen MR) is 107 cm³/mol. The van der Waals surface area contributed by atoms with E-state index in [1.807, 2.05) is 6.07 Å². The Morgan fingerprint density at radius 2 is 2.11 bits per heavy atom. The van der Waals surface area contributed by atoms with Gasteiger partial charge in [-0.2, -0.15) is 0 Å². The van der Waals surface area contributed by atoms with Crippen LogP contribution in [-0.2, 0) is 17.9 Å². The first-order valence-electron chi connectivity index (χ1n) is 10.3. The summed E-state index contributed by atoms with van der Waals surface area (Å²) in [4.78, 5) is 22.4. The molecule has 4 rings (SSSR count). The molecule has 2 aliphatic heterocycles. The van der Waals surface area contributed by atoms with E-state index < -0.39 is 0 Å². The predicted octanol–water partition coefficient (Wildman–Crippen LogP) is 2.09. The molecule has 146 valence electrons. The maximum Gasteiger partial charge on any atom is 0.227 e. The second-order valence-electron chi connectivity index (χ2n) is 7.97. The maximum atomic E-state index is 13.0. The van der Waals surface area contributed by atoms with Crippen LogP contribution in [0.2, 0.25) is 0 Å². The van der Waals surface area contributed by atoms with Crippen molar-refractivity contribution in [3.63, 3.8) is 0 Å². The van der Waals surface area contributed by atoms with E-state index in [9.17, 15) is 4.79 Å². The monoisotopic (exact) mass is 369 g/mol.